The number of rotatable bonds is 10. The van der Waals surface area contributed by atoms with Crippen LogP contribution in [0, 0.1) is 10.1 Å². The highest BCUT2D eigenvalue weighted by Gasteiger charge is 2.20. The largest absolute Gasteiger partial charge is 0.487 e. The molecule has 0 amide bonds. The number of nitro groups is 1. The van der Waals surface area contributed by atoms with Gasteiger partial charge >= 0.3 is 5.69 Å². The molecule has 0 atom stereocenters. The van der Waals surface area contributed by atoms with Gasteiger partial charge < -0.3 is 14.8 Å². The van der Waals surface area contributed by atoms with Gasteiger partial charge in [0.1, 0.15) is 5.69 Å². The number of benzene rings is 1. The van der Waals surface area contributed by atoms with Crippen LogP contribution in [0.3, 0.4) is 0 Å². The van der Waals surface area contributed by atoms with Crippen LogP contribution < -0.4 is 10.1 Å². The van der Waals surface area contributed by atoms with E-state index < -0.39 is 4.92 Å². The molecule has 20 heavy (non-hydrogen) atoms. The fourth-order valence-electron chi connectivity index (χ4n) is 1.73. The number of nitro benzene ring substituents is 1. The van der Waals surface area contributed by atoms with E-state index >= 15 is 0 Å². The maximum absolute atomic E-state index is 11.1. The maximum atomic E-state index is 11.1. The van der Waals surface area contributed by atoms with E-state index in [2.05, 4.69) is 12.2 Å². The highest BCUT2D eigenvalue weighted by molar-refractivity contribution is 5.68. The molecule has 0 saturated heterocycles. The molecule has 0 radical (unpaired) electrons. The van der Waals surface area contributed by atoms with E-state index in [1.54, 1.807) is 25.1 Å². The average molecular weight is 282 g/mol. The monoisotopic (exact) mass is 282 g/mol. The number of para-hydroxylation sites is 1. The second-order valence-electron chi connectivity index (χ2n) is 4.24. The van der Waals surface area contributed by atoms with Crippen LogP contribution in [-0.2, 0) is 4.74 Å². The van der Waals surface area contributed by atoms with Crippen LogP contribution in [0.15, 0.2) is 18.2 Å². The Morgan fingerprint density at radius 1 is 1.30 bits per heavy atom. The van der Waals surface area contributed by atoms with Crippen LogP contribution in [0.5, 0.6) is 5.75 Å². The van der Waals surface area contributed by atoms with E-state index in [-0.39, 0.29) is 11.4 Å². The first-order valence-corrected chi connectivity index (χ1v) is 6.92. The Balaban J connectivity index is 2.60. The molecule has 0 aliphatic rings. The maximum Gasteiger partial charge on any atom is 0.333 e. The summed E-state index contributed by atoms with van der Waals surface area (Å²) in [5.74, 6) is 0.286. The van der Waals surface area contributed by atoms with Gasteiger partial charge in [0, 0.05) is 13.2 Å². The molecule has 0 aromatic heterocycles. The van der Waals surface area contributed by atoms with Crippen LogP contribution in [0.25, 0.3) is 0 Å². The number of unbranched alkanes of at least 4 members (excludes halogenated alkanes) is 1. The Bertz CT molecular complexity index is 424. The van der Waals surface area contributed by atoms with Gasteiger partial charge in [-0.3, -0.25) is 10.1 Å². The number of hydrogen-bond donors (Lipinski definition) is 1. The highest BCUT2D eigenvalue weighted by Crippen LogP contribution is 2.34. The Hall–Kier alpha value is -1.82. The minimum atomic E-state index is -0.425. The van der Waals surface area contributed by atoms with Crippen LogP contribution in [-0.4, -0.2) is 31.3 Å². The molecule has 0 fully saturated rings. The number of ether oxygens (including phenoxy) is 2. The molecule has 1 aromatic carbocycles. The van der Waals surface area contributed by atoms with Crippen molar-refractivity contribution in [3.63, 3.8) is 0 Å². The molecule has 112 valence electrons. The molecule has 0 heterocycles. The van der Waals surface area contributed by atoms with Gasteiger partial charge in [-0.05, 0) is 25.5 Å². The smallest absolute Gasteiger partial charge is 0.333 e. The molecule has 6 nitrogen and oxygen atoms in total. The van der Waals surface area contributed by atoms with Gasteiger partial charge in [0.25, 0.3) is 0 Å². The summed E-state index contributed by atoms with van der Waals surface area (Å²) in [6.07, 6.45) is 2.12. The lowest BCUT2D eigenvalue weighted by molar-refractivity contribution is -0.384. The van der Waals surface area contributed by atoms with Crippen molar-refractivity contribution in [3.8, 4) is 5.75 Å². The summed E-state index contributed by atoms with van der Waals surface area (Å²) in [5.41, 5.74) is 0.433. The van der Waals surface area contributed by atoms with Crippen molar-refractivity contribution in [3.05, 3.63) is 28.3 Å². The minimum Gasteiger partial charge on any atom is -0.487 e. The fourth-order valence-corrected chi connectivity index (χ4v) is 1.73. The molecule has 0 spiro atoms. The topological polar surface area (TPSA) is 73.6 Å². The first-order chi connectivity index (χ1) is 9.70. The fraction of sp³-hybridized carbons (Fsp3) is 0.571. The Morgan fingerprint density at radius 3 is 2.75 bits per heavy atom. The average Bonchev–Trinajstić information content (AvgIpc) is 2.43. The number of nitrogens with one attached hydrogen (secondary N) is 1. The zero-order valence-electron chi connectivity index (χ0n) is 12.1. The number of hydrogen-bond acceptors (Lipinski definition) is 5. The van der Waals surface area contributed by atoms with E-state index in [9.17, 15) is 10.1 Å². The highest BCUT2D eigenvalue weighted by atomic mass is 16.6. The van der Waals surface area contributed by atoms with Gasteiger partial charge in [-0.2, -0.15) is 0 Å². The SMILES string of the molecule is CCCCOCCNc1cccc(OCC)c1[N+](=O)[O-]. The molecule has 0 aliphatic heterocycles. The summed E-state index contributed by atoms with van der Waals surface area (Å²) < 4.78 is 10.7. The van der Waals surface area contributed by atoms with Crippen LogP contribution >= 0.6 is 0 Å². The molecule has 6 heteroatoms. The molecule has 0 saturated carbocycles. The summed E-state index contributed by atoms with van der Waals surface area (Å²) in [6.45, 7) is 6.06. The summed E-state index contributed by atoms with van der Waals surface area (Å²) >= 11 is 0. The van der Waals surface area contributed by atoms with Crippen LogP contribution in [0.2, 0.25) is 0 Å². The molecule has 1 rings (SSSR count). The van der Waals surface area contributed by atoms with Crippen molar-refractivity contribution in [2.75, 3.05) is 31.7 Å². The predicted octanol–water partition coefficient (Wildman–Crippen LogP) is 3.22. The van der Waals surface area contributed by atoms with Crippen molar-refractivity contribution >= 4 is 11.4 Å². The first kappa shape index (κ1) is 16.2. The van der Waals surface area contributed by atoms with E-state index in [1.165, 1.54) is 0 Å². The van der Waals surface area contributed by atoms with E-state index in [0.717, 1.165) is 19.4 Å². The van der Waals surface area contributed by atoms with E-state index in [0.29, 0.717) is 25.4 Å². The first-order valence-electron chi connectivity index (χ1n) is 6.92. The second kappa shape index (κ2) is 9.14. The predicted molar refractivity (Wildman–Crippen MR) is 78.5 cm³/mol. The van der Waals surface area contributed by atoms with Gasteiger partial charge in [-0.15, -0.1) is 0 Å². The third-order valence-electron chi connectivity index (χ3n) is 2.69. The lowest BCUT2D eigenvalue weighted by Gasteiger charge is -2.10. The summed E-state index contributed by atoms with van der Waals surface area (Å²) in [5, 5.41) is 14.2. The Labute approximate surface area is 119 Å². The van der Waals surface area contributed by atoms with Crippen molar-refractivity contribution in [2.24, 2.45) is 0 Å². The van der Waals surface area contributed by atoms with Gasteiger partial charge in [0.2, 0.25) is 0 Å². The molecular formula is C14H22N2O4. The number of anilines is 1. The standard InChI is InChI=1S/C14H22N2O4/c1-3-5-10-19-11-9-15-12-7-6-8-13(20-4-2)14(12)16(17)18/h6-8,15H,3-5,9-11H2,1-2H3. The van der Waals surface area contributed by atoms with Gasteiger partial charge in [0.15, 0.2) is 5.75 Å². The lowest BCUT2D eigenvalue weighted by Crippen LogP contribution is -2.11. The summed E-state index contributed by atoms with van der Waals surface area (Å²) in [7, 11) is 0. The van der Waals surface area contributed by atoms with Crippen molar-refractivity contribution < 1.29 is 14.4 Å². The van der Waals surface area contributed by atoms with Gasteiger partial charge in [0.05, 0.1) is 18.1 Å². The van der Waals surface area contributed by atoms with Crippen molar-refractivity contribution in [1.82, 2.24) is 0 Å². The Morgan fingerprint density at radius 2 is 2.10 bits per heavy atom. The lowest BCUT2D eigenvalue weighted by atomic mass is 10.2. The molecule has 0 unspecified atom stereocenters. The second-order valence-corrected chi connectivity index (χ2v) is 4.24. The summed E-state index contributed by atoms with van der Waals surface area (Å²) in [4.78, 5) is 10.7. The molecule has 1 aromatic rings. The normalized spacial score (nSPS) is 10.3. The molecule has 0 bridgehead atoms. The minimum absolute atomic E-state index is 0.0251. The molecule has 0 aliphatic carbocycles. The van der Waals surface area contributed by atoms with Crippen LogP contribution in [0.1, 0.15) is 26.7 Å². The third kappa shape index (κ3) is 5.05. The van der Waals surface area contributed by atoms with Gasteiger partial charge in [-0.1, -0.05) is 19.4 Å². The quantitative estimate of drug-likeness (QED) is 0.405. The van der Waals surface area contributed by atoms with Gasteiger partial charge in [-0.25, -0.2) is 0 Å². The van der Waals surface area contributed by atoms with Crippen molar-refractivity contribution in [2.45, 2.75) is 26.7 Å². The molecule has 1 N–H and O–H groups in total. The van der Waals surface area contributed by atoms with Crippen LogP contribution in [0.4, 0.5) is 11.4 Å². The van der Waals surface area contributed by atoms with E-state index in [4.69, 9.17) is 9.47 Å². The summed E-state index contributed by atoms with van der Waals surface area (Å²) in [6, 6.07) is 5.01. The van der Waals surface area contributed by atoms with E-state index in [1.807, 2.05) is 0 Å². The zero-order valence-corrected chi connectivity index (χ0v) is 12.1. The third-order valence-corrected chi connectivity index (χ3v) is 2.69. The molecular weight excluding hydrogens is 260 g/mol. The van der Waals surface area contributed by atoms with Crippen molar-refractivity contribution in [1.29, 1.82) is 0 Å². The number of nitrogens with zero attached hydrogens (tertiary/aromatic N) is 1. The Kier molecular flexibility index (Phi) is 7.42. The zero-order chi connectivity index (χ0) is 14.8.